The molecule has 1 heterocycles. The zero-order valence-electron chi connectivity index (χ0n) is 12.3. The Morgan fingerprint density at radius 3 is 2.50 bits per heavy atom. The first-order chi connectivity index (χ1) is 10.5. The molecule has 114 valence electrons. The van der Waals surface area contributed by atoms with Crippen molar-refractivity contribution in [1.82, 2.24) is 5.32 Å². The molecule has 0 saturated carbocycles. The third-order valence-electron chi connectivity index (χ3n) is 3.54. The fourth-order valence-corrected chi connectivity index (χ4v) is 2.55. The fourth-order valence-electron chi connectivity index (χ4n) is 2.34. The monoisotopic (exact) mass is 317 g/mol. The number of fused-ring (bicyclic) bond motifs is 1. The van der Waals surface area contributed by atoms with Crippen molar-refractivity contribution < 1.29 is 14.3 Å². The Labute approximate surface area is 134 Å². The minimum absolute atomic E-state index is 0.346. The van der Waals surface area contributed by atoms with Crippen LogP contribution in [0, 0.1) is 0 Å². The van der Waals surface area contributed by atoms with Crippen molar-refractivity contribution in [3.63, 3.8) is 0 Å². The lowest BCUT2D eigenvalue weighted by atomic mass is 9.94. The second-order valence-electron chi connectivity index (χ2n) is 5.62. The van der Waals surface area contributed by atoms with Gasteiger partial charge in [-0.15, -0.1) is 0 Å². The van der Waals surface area contributed by atoms with E-state index in [9.17, 15) is 4.79 Å². The van der Waals surface area contributed by atoms with Gasteiger partial charge in [-0.3, -0.25) is 4.79 Å². The first kappa shape index (κ1) is 14.7. The summed E-state index contributed by atoms with van der Waals surface area (Å²) in [5.41, 5.74) is 0.459. The zero-order valence-corrected chi connectivity index (χ0v) is 13.1. The summed E-state index contributed by atoms with van der Waals surface area (Å²) in [5.74, 6) is 0.535. The second-order valence-corrected chi connectivity index (χ2v) is 6.02. The second kappa shape index (κ2) is 5.54. The standard InChI is InChI=1S/C17H16ClNO3/c1-17(2,11-7-4-3-5-8-11)19-15(20)16-21-13-10-6-9-12(18)14(13)22-16/h3-10,16H,1-2H3,(H,19,20). The van der Waals surface area contributed by atoms with E-state index in [0.29, 0.717) is 16.5 Å². The predicted molar refractivity (Wildman–Crippen MR) is 84.1 cm³/mol. The third-order valence-corrected chi connectivity index (χ3v) is 3.83. The highest BCUT2D eigenvalue weighted by Gasteiger charge is 2.35. The average Bonchev–Trinajstić information content (AvgIpc) is 2.93. The lowest BCUT2D eigenvalue weighted by Gasteiger charge is -2.27. The van der Waals surface area contributed by atoms with Crippen LogP contribution >= 0.6 is 11.6 Å². The van der Waals surface area contributed by atoms with E-state index in [-0.39, 0.29) is 5.91 Å². The van der Waals surface area contributed by atoms with Crippen LogP contribution in [0.2, 0.25) is 5.02 Å². The Morgan fingerprint density at radius 2 is 1.82 bits per heavy atom. The van der Waals surface area contributed by atoms with E-state index in [1.807, 2.05) is 44.2 Å². The molecule has 1 atom stereocenters. The maximum absolute atomic E-state index is 12.4. The van der Waals surface area contributed by atoms with Gasteiger partial charge >= 0.3 is 12.2 Å². The van der Waals surface area contributed by atoms with Gasteiger partial charge in [0.15, 0.2) is 11.5 Å². The van der Waals surface area contributed by atoms with Crippen LogP contribution < -0.4 is 14.8 Å². The molecule has 1 aliphatic heterocycles. The highest BCUT2D eigenvalue weighted by atomic mass is 35.5. The van der Waals surface area contributed by atoms with Gasteiger partial charge in [-0.05, 0) is 31.5 Å². The maximum atomic E-state index is 12.4. The molecule has 0 saturated heterocycles. The van der Waals surface area contributed by atoms with Crippen LogP contribution in [0.4, 0.5) is 0 Å². The van der Waals surface area contributed by atoms with Crippen molar-refractivity contribution in [2.75, 3.05) is 0 Å². The van der Waals surface area contributed by atoms with E-state index in [1.165, 1.54) is 0 Å². The molecule has 0 aromatic heterocycles. The molecule has 0 spiro atoms. The molecule has 2 aromatic carbocycles. The van der Waals surface area contributed by atoms with Gasteiger partial charge in [0.05, 0.1) is 10.6 Å². The first-order valence-corrected chi connectivity index (χ1v) is 7.34. The van der Waals surface area contributed by atoms with Gasteiger partial charge in [-0.2, -0.15) is 0 Å². The molecule has 3 rings (SSSR count). The molecule has 1 unspecified atom stereocenters. The Balaban J connectivity index is 1.73. The summed E-state index contributed by atoms with van der Waals surface area (Å²) >= 11 is 6.03. The number of amides is 1. The predicted octanol–water partition coefficient (Wildman–Crippen LogP) is 3.49. The number of nitrogens with one attached hydrogen (secondary N) is 1. The molecule has 0 aliphatic carbocycles. The van der Waals surface area contributed by atoms with Gasteiger partial charge in [0.1, 0.15) is 0 Å². The molecule has 0 radical (unpaired) electrons. The number of rotatable bonds is 3. The third kappa shape index (κ3) is 2.74. The van der Waals surface area contributed by atoms with E-state index >= 15 is 0 Å². The number of carbonyl (C=O) groups is 1. The molecule has 1 amide bonds. The lowest BCUT2D eigenvalue weighted by Crippen LogP contribution is -2.48. The Hall–Kier alpha value is -2.20. The number of hydrogen-bond donors (Lipinski definition) is 1. The van der Waals surface area contributed by atoms with Gasteiger partial charge in [-0.25, -0.2) is 0 Å². The summed E-state index contributed by atoms with van der Waals surface area (Å²) in [7, 11) is 0. The SMILES string of the molecule is CC(C)(NC(=O)C1Oc2cccc(Cl)c2O1)c1ccccc1. The van der Waals surface area contributed by atoms with Gasteiger partial charge < -0.3 is 14.8 Å². The van der Waals surface area contributed by atoms with E-state index in [4.69, 9.17) is 21.1 Å². The van der Waals surface area contributed by atoms with Gasteiger partial charge in [0.2, 0.25) is 0 Å². The van der Waals surface area contributed by atoms with Crippen LogP contribution in [0.15, 0.2) is 48.5 Å². The minimum Gasteiger partial charge on any atom is -0.442 e. The van der Waals surface area contributed by atoms with Gasteiger partial charge in [0, 0.05) is 0 Å². The van der Waals surface area contributed by atoms with Gasteiger partial charge in [0.25, 0.3) is 0 Å². The molecular weight excluding hydrogens is 302 g/mol. The molecule has 1 aliphatic rings. The fraction of sp³-hybridized carbons (Fsp3) is 0.235. The van der Waals surface area contributed by atoms with Crippen LogP contribution in [0.3, 0.4) is 0 Å². The van der Waals surface area contributed by atoms with Crippen LogP contribution in [0.5, 0.6) is 11.5 Å². The zero-order chi connectivity index (χ0) is 15.7. The number of para-hydroxylation sites is 1. The molecule has 1 N–H and O–H groups in total. The first-order valence-electron chi connectivity index (χ1n) is 6.97. The summed E-state index contributed by atoms with van der Waals surface area (Å²) in [4.78, 5) is 12.4. The number of hydrogen-bond acceptors (Lipinski definition) is 3. The summed E-state index contributed by atoms with van der Waals surface area (Å²) in [6, 6.07) is 14.9. The van der Waals surface area contributed by atoms with Crippen LogP contribution in [0.25, 0.3) is 0 Å². The molecular formula is C17H16ClNO3. The Bertz CT molecular complexity index is 700. The lowest BCUT2D eigenvalue weighted by molar-refractivity contribution is -0.138. The molecule has 0 bridgehead atoms. The molecule has 0 fully saturated rings. The highest BCUT2D eigenvalue weighted by Crippen LogP contribution is 2.40. The van der Waals surface area contributed by atoms with Crippen molar-refractivity contribution >= 4 is 17.5 Å². The molecule has 5 heteroatoms. The Kier molecular flexibility index (Phi) is 3.71. The number of halogens is 1. The molecule has 4 nitrogen and oxygen atoms in total. The average molecular weight is 318 g/mol. The largest absolute Gasteiger partial charge is 0.442 e. The van der Waals surface area contributed by atoms with Crippen molar-refractivity contribution in [2.24, 2.45) is 0 Å². The van der Waals surface area contributed by atoms with E-state index in [2.05, 4.69) is 5.32 Å². The van der Waals surface area contributed by atoms with Crippen molar-refractivity contribution in [3.05, 3.63) is 59.1 Å². The van der Waals surface area contributed by atoms with Crippen molar-refractivity contribution in [3.8, 4) is 11.5 Å². The van der Waals surface area contributed by atoms with E-state index < -0.39 is 11.8 Å². The topological polar surface area (TPSA) is 47.6 Å². The summed E-state index contributed by atoms with van der Waals surface area (Å²) in [6.45, 7) is 3.85. The van der Waals surface area contributed by atoms with E-state index in [1.54, 1.807) is 18.2 Å². The number of carbonyl (C=O) groups excluding carboxylic acids is 1. The quantitative estimate of drug-likeness (QED) is 0.942. The molecule has 22 heavy (non-hydrogen) atoms. The number of benzene rings is 2. The van der Waals surface area contributed by atoms with E-state index in [0.717, 1.165) is 5.56 Å². The van der Waals surface area contributed by atoms with Gasteiger partial charge in [-0.1, -0.05) is 48.0 Å². The van der Waals surface area contributed by atoms with Crippen molar-refractivity contribution in [1.29, 1.82) is 0 Å². The normalized spacial score (nSPS) is 16.4. The van der Waals surface area contributed by atoms with Crippen LogP contribution in [0.1, 0.15) is 19.4 Å². The van der Waals surface area contributed by atoms with Crippen LogP contribution in [-0.2, 0) is 10.3 Å². The summed E-state index contributed by atoms with van der Waals surface area (Å²) in [6.07, 6.45) is -1.03. The number of ether oxygens (including phenoxy) is 2. The smallest absolute Gasteiger partial charge is 0.321 e. The minimum atomic E-state index is -1.03. The Morgan fingerprint density at radius 1 is 1.09 bits per heavy atom. The maximum Gasteiger partial charge on any atom is 0.321 e. The van der Waals surface area contributed by atoms with Crippen molar-refractivity contribution in [2.45, 2.75) is 25.7 Å². The van der Waals surface area contributed by atoms with Crippen LogP contribution in [-0.4, -0.2) is 12.2 Å². The summed E-state index contributed by atoms with van der Waals surface area (Å²) < 4.78 is 11.0. The summed E-state index contributed by atoms with van der Waals surface area (Å²) in [5, 5.41) is 3.36. The molecule has 2 aromatic rings. The highest BCUT2D eigenvalue weighted by molar-refractivity contribution is 6.32.